The first-order valence-electron chi connectivity index (χ1n) is 7.01. The maximum absolute atomic E-state index is 12.2. The van der Waals surface area contributed by atoms with Gasteiger partial charge < -0.3 is 10.2 Å². The summed E-state index contributed by atoms with van der Waals surface area (Å²) >= 11 is 3.42. The number of benzene rings is 2. The fourth-order valence-electron chi connectivity index (χ4n) is 2.69. The topological polar surface area (TPSA) is 69.1 Å². The Hall–Kier alpha value is -2.66. The molecule has 0 aliphatic carbocycles. The number of nitrogens with two attached hydrogens (primary N) is 1. The Balaban J connectivity index is 2.11. The number of nitrogen functional groups attached to an aromatic ring is 1. The van der Waals surface area contributed by atoms with Gasteiger partial charge in [-0.1, -0.05) is 46.3 Å². The second-order valence-electron chi connectivity index (χ2n) is 5.21. The van der Waals surface area contributed by atoms with Crippen LogP contribution in [0.25, 0.3) is 33.0 Å². The van der Waals surface area contributed by atoms with Crippen LogP contribution in [-0.2, 0) is 0 Å². The predicted molar refractivity (Wildman–Crippen MR) is 95.3 cm³/mol. The van der Waals surface area contributed by atoms with Gasteiger partial charge in [-0.2, -0.15) is 0 Å². The minimum Gasteiger partial charge on any atom is -0.422 e. The largest absolute Gasteiger partial charge is 0.422 e. The molecular formula is C18H11BrN2O2. The van der Waals surface area contributed by atoms with Crippen LogP contribution in [0.1, 0.15) is 0 Å². The van der Waals surface area contributed by atoms with Crippen LogP contribution >= 0.6 is 15.9 Å². The molecule has 23 heavy (non-hydrogen) atoms. The second-order valence-corrected chi connectivity index (χ2v) is 6.12. The van der Waals surface area contributed by atoms with Crippen molar-refractivity contribution in [2.24, 2.45) is 0 Å². The number of hydrogen-bond donors (Lipinski definition) is 1. The molecule has 0 saturated heterocycles. The number of halogens is 1. The molecule has 0 aliphatic heterocycles. The molecule has 4 rings (SSSR count). The van der Waals surface area contributed by atoms with Crippen LogP contribution < -0.4 is 11.4 Å². The van der Waals surface area contributed by atoms with Gasteiger partial charge in [-0.15, -0.1) is 0 Å². The van der Waals surface area contributed by atoms with Crippen LogP contribution in [0.4, 0.5) is 5.82 Å². The van der Waals surface area contributed by atoms with Gasteiger partial charge >= 0.3 is 5.63 Å². The molecule has 0 unspecified atom stereocenters. The predicted octanol–water partition coefficient (Wildman–Crippen LogP) is 4.35. The monoisotopic (exact) mass is 366 g/mol. The Bertz CT molecular complexity index is 1100. The van der Waals surface area contributed by atoms with E-state index in [0.29, 0.717) is 11.0 Å². The van der Waals surface area contributed by atoms with Gasteiger partial charge in [0.25, 0.3) is 0 Å². The lowest BCUT2D eigenvalue weighted by atomic mass is 10.0. The standard InChI is InChI=1S/C18H11BrN2O2/c19-11-7-5-10(6-8-11)14-9-13-12-3-1-2-4-15(12)23-18(22)16(13)17(20)21-14/h1-9H,(H2,20,21). The molecule has 2 heterocycles. The van der Waals surface area contributed by atoms with Gasteiger partial charge in [0.2, 0.25) is 0 Å². The van der Waals surface area contributed by atoms with Crippen molar-refractivity contribution >= 4 is 43.5 Å². The molecule has 0 aliphatic rings. The van der Waals surface area contributed by atoms with E-state index in [9.17, 15) is 4.79 Å². The Morgan fingerprint density at radius 1 is 1.00 bits per heavy atom. The van der Waals surface area contributed by atoms with Crippen molar-refractivity contribution in [1.82, 2.24) is 4.98 Å². The van der Waals surface area contributed by atoms with Crippen LogP contribution in [0.5, 0.6) is 0 Å². The van der Waals surface area contributed by atoms with Crippen LogP contribution in [0.15, 0.2) is 68.3 Å². The van der Waals surface area contributed by atoms with Crippen molar-refractivity contribution in [3.8, 4) is 11.3 Å². The lowest BCUT2D eigenvalue weighted by Crippen LogP contribution is -2.06. The second kappa shape index (κ2) is 5.21. The average molecular weight is 367 g/mol. The molecule has 4 nitrogen and oxygen atoms in total. The van der Waals surface area contributed by atoms with Gasteiger partial charge in [0.15, 0.2) is 0 Å². The molecule has 0 spiro atoms. The van der Waals surface area contributed by atoms with Gasteiger partial charge in [0, 0.05) is 20.8 Å². The Morgan fingerprint density at radius 2 is 1.74 bits per heavy atom. The molecule has 112 valence electrons. The van der Waals surface area contributed by atoms with E-state index in [2.05, 4.69) is 20.9 Å². The van der Waals surface area contributed by atoms with Crippen molar-refractivity contribution in [3.63, 3.8) is 0 Å². The van der Waals surface area contributed by atoms with Crippen molar-refractivity contribution in [1.29, 1.82) is 0 Å². The number of fused-ring (bicyclic) bond motifs is 3. The summed E-state index contributed by atoms with van der Waals surface area (Å²) in [5.74, 6) is 0.180. The van der Waals surface area contributed by atoms with Gasteiger partial charge in [-0.3, -0.25) is 0 Å². The highest BCUT2D eigenvalue weighted by Crippen LogP contribution is 2.30. The van der Waals surface area contributed by atoms with Crippen LogP contribution in [-0.4, -0.2) is 4.98 Å². The molecule has 0 radical (unpaired) electrons. The van der Waals surface area contributed by atoms with E-state index in [-0.39, 0.29) is 5.82 Å². The fourth-order valence-corrected chi connectivity index (χ4v) is 2.95. The number of aromatic nitrogens is 1. The zero-order chi connectivity index (χ0) is 16.0. The van der Waals surface area contributed by atoms with Crippen LogP contribution in [0.2, 0.25) is 0 Å². The molecule has 2 aromatic heterocycles. The van der Waals surface area contributed by atoms with Crippen molar-refractivity contribution in [2.45, 2.75) is 0 Å². The third-order valence-corrected chi connectivity index (χ3v) is 4.30. The molecule has 0 fully saturated rings. The summed E-state index contributed by atoms with van der Waals surface area (Å²) in [5, 5.41) is 1.92. The summed E-state index contributed by atoms with van der Waals surface area (Å²) in [6.07, 6.45) is 0. The van der Waals surface area contributed by atoms with E-state index in [1.165, 1.54) is 0 Å². The van der Waals surface area contributed by atoms with Crippen LogP contribution in [0.3, 0.4) is 0 Å². The highest BCUT2D eigenvalue weighted by atomic mass is 79.9. The quantitative estimate of drug-likeness (QED) is 0.401. The molecular weight excluding hydrogens is 356 g/mol. The average Bonchev–Trinajstić information content (AvgIpc) is 2.55. The van der Waals surface area contributed by atoms with Gasteiger partial charge in [-0.05, 0) is 24.3 Å². The first-order valence-corrected chi connectivity index (χ1v) is 7.81. The molecule has 2 N–H and O–H groups in total. The number of nitrogens with zero attached hydrogens (tertiary/aromatic N) is 1. The lowest BCUT2D eigenvalue weighted by Gasteiger charge is -2.08. The minimum atomic E-state index is -0.467. The summed E-state index contributed by atoms with van der Waals surface area (Å²) in [7, 11) is 0. The number of rotatable bonds is 1. The summed E-state index contributed by atoms with van der Waals surface area (Å²) in [4.78, 5) is 16.6. The van der Waals surface area contributed by atoms with Gasteiger partial charge in [-0.25, -0.2) is 9.78 Å². The zero-order valence-electron chi connectivity index (χ0n) is 11.9. The molecule has 0 saturated carbocycles. The van der Waals surface area contributed by atoms with E-state index in [1.54, 1.807) is 6.07 Å². The molecule has 2 aromatic carbocycles. The molecule has 4 aromatic rings. The smallest absolute Gasteiger partial charge is 0.347 e. The van der Waals surface area contributed by atoms with E-state index in [0.717, 1.165) is 26.5 Å². The van der Waals surface area contributed by atoms with Crippen molar-refractivity contribution < 1.29 is 4.42 Å². The Morgan fingerprint density at radius 3 is 2.52 bits per heavy atom. The summed E-state index contributed by atoms with van der Waals surface area (Å²) in [5.41, 5.74) is 7.76. The maximum atomic E-state index is 12.2. The molecule has 0 bridgehead atoms. The summed E-state index contributed by atoms with van der Waals surface area (Å²) in [6, 6.07) is 17.1. The van der Waals surface area contributed by atoms with Gasteiger partial charge in [0.1, 0.15) is 16.8 Å². The van der Waals surface area contributed by atoms with Gasteiger partial charge in [0.05, 0.1) is 5.69 Å². The van der Waals surface area contributed by atoms with E-state index < -0.39 is 5.63 Å². The lowest BCUT2D eigenvalue weighted by molar-refractivity contribution is 0.570. The zero-order valence-corrected chi connectivity index (χ0v) is 13.5. The SMILES string of the molecule is Nc1nc(-c2ccc(Br)cc2)cc2c1c(=O)oc1ccccc12. The first kappa shape index (κ1) is 14.0. The van der Waals surface area contributed by atoms with Crippen LogP contribution in [0, 0.1) is 0 Å². The molecule has 0 atom stereocenters. The minimum absolute atomic E-state index is 0.180. The first-order chi connectivity index (χ1) is 11.1. The van der Waals surface area contributed by atoms with Crippen molar-refractivity contribution in [2.75, 3.05) is 5.73 Å². The van der Waals surface area contributed by atoms with E-state index in [4.69, 9.17) is 10.2 Å². The van der Waals surface area contributed by atoms with E-state index >= 15 is 0 Å². The van der Waals surface area contributed by atoms with E-state index in [1.807, 2.05) is 48.5 Å². The summed E-state index contributed by atoms with van der Waals surface area (Å²) in [6.45, 7) is 0. The maximum Gasteiger partial charge on any atom is 0.347 e. The highest BCUT2D eigenvalue weighted by molar-refractivity contribution is 9.10. The number of para-hydroxylation sites is 1. The number of pyridine rings is 1. The third-order valence-electron chi connectivity index (χ3n) is 3.77. The van der Waals surface area contributed by atoms with Crippen molar-refractivity contribution in [3.05, 3.63) is 69.5 Å². The number of hydrogen-bond acceptors (Lipinski definition) is 4. The number of anilines is 1. The molecule has 5 heteroatoms. The third kappa shape index (κ3) is 2.29. The Kier molecular flexibility index (Phi) is 3.16. The Labute approximate surface area is 139 Å². The molecule has 0 amide bonds. The highest BCUT2D eigenvalue weighted by Gasteiger charge is 2.13. The normalized spacial score (nSPS) is 11.2. The fraction of sp³-hybridized carbons (Fsp3) is 0. The summed E-state index contributed by atoms with van der Waals surface area (Å²) < 4.78 is 6.32.